The molecule has 3 aromatic rings. The van der Waals surface area contributed by atoms with Gasteiger partial charge in [-0.15, -0.1) is 0 Å². The van der Waals surface area contributed by atoms with Gasteiger partial charge in [-0.05, 0) is 48.2 Å². The van der Waals surface area contributed by atoms with Gasteiger partial charge in [0, 0.05) is 42.1 Å². The molecule has 1 fully saturated rings. The number of likely N-dealkylation sites (tertiary alicyclic amines) is 1. The third-order valence-electron chi connectivity index (χ3n) is 6.13. The zero-order chi connectivity index (χ0) is 22.3. The van der Waals surface area contributed by atoms with Crippen molar-refractivity contribution < 1.29 is 9.59 Å². The van der Waals surface area contributed by atoms with Gasteiger partial charge in [-0.1, -0.05) is 72.3 Å². The van der Waals surface area contributed by atoms with E-state index in [1.54, 1.807) is 24.3 Å². The summed E-state index contributed by atoms with van der Waals surface area (Å²) in [5.41, 5.74) is 3.00. The van der Waals surface area contributed by atoms with E-state index in [-0.39, 0.29) is 23.7 Å². The van der Waals surface area contributed by atoms with Crippen LogP contribution in [0, 0.1) is 5.92 Å². The number of nitrogens with one attached hydrogen (secondary N) is 1. The van der Waals surface area contributed by atoms with Crippen LogP contribution in [0.5, 0.6) is 0 Å². The average molecular weight is 447 g/mol. The Morgan fingerprint density at radius 1 is 0.844 bits per heavy atom. The highest BCUT2D eigenvalue weighted by Crippen LogP contribution is 2.25. The van der Waals surface area contributed by atoms with Crippen molar-refractivity contribution in [2.45, 2.75) is 18.8 Å². The standard InChI is InChI=1S/C27H27ClN2O2/c28-24-13-11-23(12-14-24)27(32)30-17-15-22(16-18-30)26(31)29-19-25(20-7-3-1-4-8-20)21-9-5-2-6-10-21/h1-14,22,25H,15-19H2,(H,29,31). The Morgan fingerprint density at radius 3 is 1.91 bits per heavy atom. The third-order valence-corrected chi connectivity index (χ3v) is 6.38. The highest BCUT2D eigenvalue weighted by Gasteiger charge is 2.28. The van der Waals surface area contributed by atoms with Gasteiger partial charge in [-0.2, -0.15) is 0 Å². The van der Waals surface area contributed by atoms with Crippen LogP contribution in [0.3, 0.4) is 0 Å². The van der Waals surface area contributed by atoms with Crippen LogP contribution in [-0.4, -0.2) is 36.3 Å². The molecule has 4 nitrogen and oxygen atoms in total. The van der Waals surface area contributed by atoms with Crippen LogP contribution >= 0.6 is 11.6 Å². The molecule has 1 aliphatic heterocycles. The molecule has 0 aromatic heterocycles. The van der Waals surface area contributed by atoms with Gasteiger partial charge in [0.1, 0.15) is 0 Å². The summed E-state index contributed by atoms with van der Waals surface area (Å²) in [5.74, 6) is 0.0959. The Balaban J connectivity index is 1.34. The SMILES string of the molecule is O=C(NCC(c1ccccc1)c1ccccc1)C1CCN(C(=O)c2ccc(Cl)cc2)CC1. The highest BCUT2D eigenvalue weighted by atomic mass is 35.5. The number of carbonyl (C=O) groups is 2. The molecule has 3 aromatic carbocycles. The predicted molar refractivity (Wildman–Crippen MR) is 128 cm³/mol. The molecule has 1 heterocycles. The Kier molecular flexibility index (Phi) is 7.23. The molecule has 0 spiro atoms. The van der Waals surface area contributed by atoms with E-state index in [9.17, 15) is 9.59 Å². The van der Waals surface area contributed by atoms with Crippen LogP contribution in [0.1, 0.15) is 40.2 Å². The van der Waals surface area contributed by atoms with E-state index >= 15 is 0 Å². The number of piperidine rings is 1. The molecule has 0 aliphatic carbocycles. The van der Waals surface area contributed by atoms with Crippen LogP contribution in [0.4, 0.5) is 0 Å². The Hall–Kier alpha value is -3.11. The second-order valence-corrected chi connectivity index (χ2v) is 8.63. The first-order chi connectivity index (χ1) is 15.6. The summed E-state index contributed by atoms with van der Waals surface area (Å²) in [6.45, 7) is 1.72. The molecule has 1 aliphatic rings. The van der Waals surface area contributed by atoms with Gasteiger partial charge in [0.2, 0.25) is 5.91 Å². The fraction of sp³-hybridized carbons (Fsp3) is 0.259. The van der Waals surface area contributed by atoms with E-state index in [1.165, 1.54) is 11.1 Å². The lowest BCUT2D eigenvalue weighted by Crippen LogP contribution is -2.43. The maximum Gasteiger partial charge on any atom is 0.253 e. The van der Waals surface area contributed by atoms with Crippen molar-refractivity contribution in [2.75, 3.05) is 19.6 Å². The zero-order valence-electron chi connectivity index (χ0n) is 17.9. The van der Waals surface area contributed by atoms with Crippen LogP contribution in [0.2, 0.25) is 5.02 Å². The van der Waals surface area contributed by atoms with Gasteiger partial charge in [0.25, 0.3) is 5.91 Å². The summed E-state index contributed by atoms with van der Waals surface area (Å²) in [7, 11) is 0. The molecule has 32 heavy (non-hydrogen) atoms. The number of benzene rings is 3. The van der Waals surface area contributed by atoms with Gasteiger partial charge < -0.3 is 10.2 Å². The summed E-state index contributed by atoms with van der Waals surface area (Å²) >= 11 is 5.92. The molecule has 1 N–H and O–H groups in total. The molecular weight excluding hydrogens is 420 g/mol. The molecule has 1 saturated heterocycles. The molecular formula is C27H27ClN2O2. The fourth-order valence-corrected chi connectivity index (χ4v) is 4.39. The minimum Gasteiger partial charge on any atom is -0.355 e. The number of carbonyl (C=O) groups excluding carboxylic acids is 2. The number of nitrogens with zero attached hydrogens (tertiary/aromatic N) is 1. The van der Waals surface area contributed by atoms with Gasteiger partial charge in [-0.25, -0.2) is 0 Å². The Labute approximate surface area is 194 Å². The number of halogens is 1. The number of amides is 2. The van der Waals surface area contributed by atoms with E-state index in [2.05, 4.69) is 29.6 Å². The van der Waals surface area contributed by atoms with Crippen molar-refractivity contribution >= 4 is 23.4 Å². The average Bonchev–Trinajstić information content (AvgIpc) is 2.85. The van der Waals surface area contributed by atoms with E-state index in [4.69, 9.17) is 11.6 Å². The molecule has 0 unspecified atom stereocenters. The number of rotatable bonds is 6. The second kappa shape index (κ2) is 10.5. The Bertz CT molecular complexity index is 991. The molecule has 2 amide bonds. The lowest BCUT2D eigenvalue weighted by molar-refractivity contribution is -0.126. The molecule has 0 atom stereocenters. The molecule has 0 saturated carbocycles. The van der Waals surface area contributed by atoms with Crippen LogP contribution < -0.4 is 5.32 Å². The van der Waals surface area contributed by atoms with Crippen molar-refractivity contribution in [1.29, 1.82) is 0 Å². The quantitative estimate of drug-likeness (QED) is 0.569. The van der Waals surface area contributed by atoms with E-state index in [0.29, 0.717) is 43.1 Å². The first-order valence-electron chi connectivity index (χ1n) is 11.0. The summed E-state index contributed by atoms with van der Waals surface area (Å²) in [4.78, 5) is 27.4. The first-order valence-corrected chi connectivity index (χ1v) is 11.4. The zero-order valence-corrected chi connectivity index (χ0v) is 18.7. The van der Waals surface area contributed by atoms with Gasteiger partial charge in [0.15, 0.2) is 0 Å². The van der Waals surface area contributed by atoms with E-state index in [1.807, 2.05) is 41.3 Å². The molecule has 0 radical (unpaired) electrons. The first kappa shape index (κ1) is 22.1. The summed E-state index contributed by atoms with van der Waals surface area (Å²) in [5, 5.41) is 3.79. The lowest BCUT2D eigenvalue weighted by atomic mass is 9.90. The minimum atomic E-state index is -0.0727. The van der Waals surface area contributed by atoms with Gasteiger partial charge in [0.05, 0.1) is 0 Å². The summed E-state index contributed by atoms with van der Waals surface area (Å²) < 4.78 is 0. The highest BCUT2D eigenvalue weighted by molar-refractivity contribution is 6.30. The minimum absolute atomic E-state index is 0.00579. The molecule has 5 heteroatoms. The van der Waals surface area contributed by atoms with Crippen LogP contribution in [0.25, 0.3) is 0 Å². The van der Waals surface area contributed by atoms with Crippen molar-refractivity contribution in [3.8, 4) is 0 Å². The second-order valence-electron chi connectivity index (χ2n) is 8.19. The summed E-state index contributed by atoms with van der Waals surface area (Å²) in [6.07, 6.45) is 1.35. The normalized spacial score (nSPS) is 14.4. The van der Waals surface area contributed by atoms with E-state index in [0.717, 1.165) is 0 Å². The number of hydrogen-bond donors (Lipinski definition) is 1. The molecule has 4 rings (SSSR count). The van der Waals surface area contributed by atoms with Crippen molar-refractivity contribution in [2.24, 2.45) is 5.92 Å². The maximum atomic E-state index is 12.9. The van der Waals surface area contributed by atoms with Crippen LogP contribution in [-0.2, 0) is 4.79 Å². The largest absolute Gasteiger partial charge is 0.355 e. The van der Waals surface area contributed by atoms with Crippen molar-refractivity contribution in [3.05, 3.63) is 107 Å². The topological polar surface area (TPSA) is 49.4 Å². The summed E-state index contributed by atoms with van der Waals surface area (Å²) in [6, 6.07) is 27.5. The number of hydrogen-bond acceptors (Lipinski definition) is 2. The monoisotopic (exact) mass is 446 g/mol. The Morgan fingerprint density at radius 2 is 1.38 bits per heavy atom. The van der Waals surface area contributed by atoms with Crippen molar-refractivity contribution in [1.82, 2.24) is 10.2 Å². The molecule has 164 valence electrons. The fourth-order valence-electron chi connectivity index (χ4n) is 4.27. The maximum absolute atomic E-state index is 12.9. The van der Waals surface area contributed by atoms with Gasteiger partial charge in [-0.3, -0.25) is 9.59 Å². The van der Waals surface area contributed by atoms with Crippen LogP contribution in [0.15, 0.2) is 84.9 Å². The van der Waals surface area contributed by atoms with E-state index < -0.39 is 0 Å². The molecule has 0 bridgehead atoms. The lowest BCUT2D eigenvalue weighted by Gasteiger charge is -2.31. The third kappa shape index (κ3) is 5.38. The van der Waals surface area contributed by atoms with Gasteiger partial charge >= 0.3 is 0 Å². The smallest absolute Gasteiger partial charge is 0.253 e. The van der Waals surface area contributed by atoms with Crippen molar-refractivity contribution in [3.63, 3.8) is 0 Å². The predicted octanol–water partition coefficient (Wildman–Crippen LogP) is 5.14.